The molecule has 13 heteroatoms. The van der Waals surface area contributed by atoms with E-state index in [9.17, 15) is 40.2 Å². The molecule has 26 heavy (non-hydrogen) atoms. The molecule has 0 rings (SSSR count). The average molecular weight is 402 g/mol. The molecule has 8 atom stereocenters. The van der Waals surface area contributed by atoms with Crippen LogP contribution in [-0.2, 0) is 19.1 Å². The Kier molecular flexibility index (Phi) is 11.6. The van der Waals surface area contributed by atoms with E-state index in [-0.39, 0.29) is 12.6 Å². The molecule has 0 bridgehead atoms. The van der Waals surface area contributed by atoms with Crippen LogP contribution in [0, 0.1) is 0 Å². The standard InChI is InChI=1S/C13H22O12S/c14-1-5(16)9(20)11(22)7(18)3-24-13(26)25-4-8(19)12(23)10(21)6(17)2-15/h1-2,5-12,16-23H,3-4H2/t5-,6-,7+,8+,9-,10-,11-,12+/m1/s1. The van der Waals surface area contributed by atoms with E-state index in [0.29, 0.717) is 0 Å². The zero-order chi connectivity index (χ0) is 20.4. The first kappa shape index (κ1) is 24.7. The summed E-state index contributed by atoms with van der Waals surface area (Å²) < 4.78 is 9.41. The van der Waals surface area contributed by atoms with Crippen LogP contribution in [0.25, 0.3) is 0 Å². The minimum Gasteiger partial charge on any atom is -0.454 e. The summed E-state index contributed by atoms with van der Waals surface area (Å²) in [4.78, 5) is 20.6. The monoisotopic (exact) mass is 402 g/mol. The minimum atomic E-state index is -1.97. The van der Waals surface area contributed by atoms with E-state index in [0.717, 1.165) is 0 Å². The molecule has 0 saturated heterocycles. The van der Waals surface area contributed by atoms with Gasteiger partial charge in [0.1, 0.15) is 62.0 Å². The molecule has 0 amide bonds. The second kappa shape index (κ2) is 12.2. The molecule has 0 aromatic carbocycles. The fourth-order valence-electron chi connectivity index (χ4n) is 1.57. The second-order valence-electron chi connectivity index (χ2n) is 5.22. The maximum atomic E-state index is 10.3. The lowest BCUT2D eigenvalue weighted by atomic mass is 10.0. The maximum Gasteiger partial charge on any atom is 0.352 e. The summed E-state index contributed by atoms with van der Waals surface area (Å²) in [6, 6.07) is 0. The summed E-state index contributed by atoms with van der Waals surface area (Å²) in [5.74, 6) is 0. The molecule has 152 valence electrons. The normalized spacial score (nSPS) is 20.6. The smallest absolute Gasteiger partial charge is 0.352 e. The molecule has 0 fully saturated rings. The van der Waals surface area contributed by atoms with Crippen LogP contribution in [0.1, 0.15) is 0 Å². The van der Waals surface area contributed by atoms with Gasteiger partial charge in [-0.05, 0) is 0 Å². The summed E-state index contributed by atoms with van der Waals surface area (Å²) in [6.07, 6.45) is -15.3. The quantitative estimate of drug-likeness (QED) is 0.113. The highest BCUT2D eigenvalue weighted by Gasteiger charge is 2.32. The Morgan fingerprint density at radius 3 is 1.27 bits per heavy atom. The summed E-state index contributed by atoms with van der Waals surface area (Å²) in [6.45, 7) is -1.43. The number of aliphatic hydroxyl groups is 8. The number of aliphatic hydroxyl groups excluding tert-OH is 8. The molecule has 0 aliphatic rings. The second-order valence-corrected chi connectivity index (χ2v) is 5.56. The van der Waals surface area contributed by atoms with Crippen LogP contribution in [-0.4, -0.2) is 121 Å². The highest BCUT2D eigenvalue weighted by atomic mass is 32.1. The van der Waals surface area contributed by atoms with Crippen molar-refractivity contribution in [3.05, 3.63) is 0 Å². The van der Waals surface area contributed by atoms with E-state index in [1.165, 1.54) is 0 Å². The number of carbonyl (C=O) groups is 2. The van der Waals surface area contributed by atoms with Gasteiger partial charge >= 0.3 is 5.24 Å². The van der Waals surface area contributed by atoms with Crippen LogP contribution in [0.15, 0.2) is 0 Å². The Labute approximate surface area is 152 Å². The zero-order valence-corrected chi connectivity index (χ0v) is 14.1. The number of carbonyl (C=O) groups excluding carboxylic acids is 2. The molecule has 0 saturated carbocycles. The van der Waals surface area contributed by atoms with Gasteiger partial charge in [-0.3, -0.25) is 0 Å². The lowest BCUT2D eigenvalue weighted by Crippen LogP contribution is -2.47. The fraction of sp³-hybridized carbons (Fsp3) is 0.769. The van der Waals surface area contributed by atoms with Gasteiger partial charge in [0.05, 0.1) is 0 Å². The van der Waals surface area contributed by atoms with Gasteiger partial charge in [0, 0.05) is 12.2 Å². The molecule has 0 heterocycles. The Hall–Kier alpha value is -1.29. The predicted octanol–water partition coefficient (Wildman–Crippen LogP) is -5.41. The minimum absolute atomic E-state index is 0.0438. The van der Waals surface area contributed by atoms with Gasteiger partial charge in [-0.15, -0.1) is 0 Å². The van der Waals surface area contributed by atoms with Gasteiger partial charge in [-0.25, -0.2) is 0 Å². The van der Waals surface area contributed by atoms with Crippen LogP contribution < -0.4 is 0 Å². The third kappa shape index (κ3) is 7.94. The molecular weight excluding hydrogens is 380 g/mol. The van der Waals surface area contributed by atoms with Crippen LogP contribution in [0.4, 0.5) is 0 Å². The summed E-state index contributed by atoms with van der Waals surface area (Å²) >= 11 is 4.58. The van der Waals surface area contributed by atoms with E-state index in [1.807, 2.05) is 0 Å². The Morgan fingerprint density at radius 1 is 0.692 bits per heavy atom. The van der Waals surface area contributed by atoms with Crippen molar-refractivity contribution >= 4 is 30.0 Å². The van der Waals surface area contributed by atoms with Gasteiger partial charge in [0.25, 0.3) is 0 Å². The van der Waals surface area contributed by atoms with Gasteiger partial charge in [-0.2, -0.15) is 0 Å². The van der Waals surface area contributed by atoms with Crippen molar-refractivity contribution in [1.82, 2.24) is 0 Å². The number of hydrogen-bond acceptors (Lipinski definition) is 13. The predicted molar refractivity (Wildman–Crippen MR) is 84.7 cm³/mol. The van der Waals surface area contributed by atoms with Crippen molar-refractivity contribution in [2.75, 3.05) is 13.2 Å². The fourth-order valence-corrected chi connectivity index (χ4v) is 1.70. The van der Waals surface area contributed by atoms with Crippen molar-refractivity contribution in [2.45, 2.75) is 48.8 Å². The van der Waals surface area contributed by atoms with Crippen LogP contribution >= 0.6 is 12.2 Å². The van der Waals surface area contributed by atoms with E-state index in [4.69, 9.17) is 19.7 Å². The number of ether oxygens (including phenoxy) is 2. The maximum absolute atomic E-state index is 10.3. The lowest BCUT2D eigenvalue weighted by Gasteiger charge is -2.25. The van der Waals surface area contributed by atoms with E-state index in [1.54, 1.807) is 0 Å². The topological polar surface area (TPSA) is 214 Å². The van der Waals surface area contributed by atoms with Crippen molar-refractivity contribution < 1.29 is 59.9 Å². The first-order valence-electron chi connectivity index (χ1n) is 7.21. The first-order chi connectivity index (χ1) is 12.1. The molecule has 0 aliphatic carbocycles. The van der Waals surface area contributed by atoms with Gasteiger partial charge < -0.3 is 59.9 Å². The van der Waals surface area contributed by atoms with Crippen LogP contribution in [0.5, 0.6) is 0 Å². The molecule has 8 N–H and O–H groups in total. The zero-order valence-electron chi connectivity index (χ0n) is 13.3. The Balaban J connectivity index is 4.30. The van der Waals surface area contributed by atoms with Gasteiger partial charge in [0.15, 0.2) is 12.6 Å². The summed E-state index contributed by atoms with van der Waals surface area (Å²) in [7, 11) is 0. The molecule has 0 unspecified atom stereocenters. The third-order valence-electron chi connectivity index (χ3n) is 3.21. The van der Waals surface area contributed by atoms with Crippen molar-refractivity contribution in [1.29, 1.82) is 0 Å². The van der Waals surface area contributed by atoms with Crippen molar-refractivity contribution in [3.63, 3.8) is 0 Å². The molecule has 0 aliphatic heterocycles. The summed E-state index contributed by atoms with van der Waals surface area (Å²) in [5.41, 5.74) is 0. The van der Waals surface area contributed by atoms with Gasteiger partial charge in [-0.1, -0.05) is 0 Å². The number of thiocarbonyl (C=S) groups is 1. The van der Waals surface area contributed by atoms with E-state index in [2.05, 4.69) is 12.2 Å². The molecular formula is C13H22O12S. The van der Waals surface area contributed by atoms with Crippen LogP contribution in [0.3, 0.4) is 0 Å². The first-order valence-corrected chi connectivity index (χ1v) is 7.62. The largest absolute Gasteiger partial charge is 0.454 e. The number of hydrogen-bond donors (Lipinski definition) is 8. The average Bonchev–Trinajstić information content (AvgIpc) is 2.65. The molecule has 0 aromatic rings. The van der Waals surface area contributed by atoms with E-state index >= 15 is 0 Å². The molecule has 0 aromatic heterocycles. The van der Waals surface area contributed by atoms with Crippen LogP contribution in [0.2, 0.25) is 0 Å². The lowest BCUT2D eigenvalue weighted by molar-refractivity contribution is -0.137. The number of rotatable bonds is 12. The van der Waals surface area contributed by atoms with Crippen molar-refractivity contribution in [2.24, 2.45) is 0 Å². The SMILES string of the molecule is O=C[C@@H](O)[C@@H](O)[C@@H](O)[C@@H](O)COC(=S)OC[C@H](O)[C@@H](O)[C@H](O)[C@H](O)C=O. The molecule has 0 radical (unpaired) electrons. The Morgan fingerprint density at radius 2 is 1.00 bits per heavy atom. The van der Waals surface area contributed by atoms with Gasteiger partial charge in [0.2, 0.25) is 0 Å². The van der Waals surface area contributed by atoms with Crippen molar-refractivity contribution in [3.8, 4) is 0 Å². The summed E-state index contributed by atoms with van der Waals surface area (Å²) in [5, 5.41) is 74.2. The molecule has 12 nitrogen and oxygen atoms in total. The third-order valence-corrected chi connectivity index (χ3v) is 3.45. The Bertz CT molecular complexity index is 411. The highest BCUT2D eigenvalue weighted by Crippen LogP contribution is 2.07. The van der Waals surface area contributed by atoms with E-state index < -0.39 is 67.3 Å². The molecule has 0 spiro atoms. The highest BCUT2D eigenvalue weighted by molar-refractivity contribution is 7.79. The number of aldehydes is 2.